The van der Waals surface area contributed by atoms with Crippen molar-refractivity contribution < 1.29 is 14.3 Å². The van der Waals surface area contributed by atoms with Crippen molar-refractivity contribution in [2.45, 2.75) is 6.92 Å². The molecule has 29 heavy (non-hydrogen) atoms. The number of para-hydroxylation sites is 1. The van der Waals surface area contributed by atoms with E-state index in [9.17, 15) is 9.59 Å². The molecule has 0 radical (unpaired) electrons. The fourth-order valence-corrected chi connectivity index (χ4v) is 2.66. The SMILES string of the molecule is Cc1cc(OCC(=O)Nc2cccc(NC(=O)Nc3ccccc3)c2)ccc1Cl. The van der Waals surface area contributed by atoms with Gasteiger partial charge >= 0.3 is 6.03 Å². The molecule has 3 aromatic rings. The zero-order valence-corrected chi connectivity index (χ0v) is 16.5. The number of nitrogens with one attached hydrogen (secondary N) is 3. The number of anilines is 3. The van der Waals surface area contributed by atoms with Crippen molar-refractivity contribution in [3.05, 3.63) is 83.4 Å². The summed E-state index contributed by atoms with van der Waals surface area (Å²) in [5.41, 5.74) is 2.65. The maximum atomic E-state index is 12.2. The zero-order valence-electron chi connectivity index (χ0n) is 15.7. The Kier molecular flexibility index (Phi) is 6.71. The van der Waals surface area contributed by atoms with Gasteiger partial charge in [0.1, 0.15) is 5.75 Å². The number of hydrogen-bond donors (Lipinski definition) is 3. The molecule has 0 saturated carbocycles. The quantitative estimate of drug-likeness (QED) is 0.516. The lowest BCUT2D eigenvalue weighted by atomic mass is 10.2. The van der Waals surface area contributed by atoms with Crippen LogP contribution in [0.2, 0.25) is 5.02 Å². The normalized spacial score (nSPS) is 10.1. The summed E-state index contributed by atoms with van der Waals surface area (Å²) >= 11 is 5.98. The summed E-state index contributed by atoms with van der Waals surface area (Å²) in [6.45, 7) is 1.72. The first-order chi connectivity index (χ1) is 14.0. The van der Waals surface area contributed by atoms with Crippen LogP contribution < -0.4 is 20.7 Å². The summed E-state index contributed by atoms with van der Waals surface area (Å²) in [5, 5.41) is 8.84. The second-order valence-corrected chi connectivity index (χ2v) is 6.68. The van der Waals surface area contributed by atoms with Crippen LogP contribution in [0.5, 0.6) is 5.75 Å². The van der Waals surface area contributed by atoms with Gasteiger partial charge in [-0.3, -0.25) is 4.79 Å². The average Bonchev–Trinajstić information content (AvgIpc) is 2.70. The molecular formula is C22H20ClN3O3. The lowest BCUT2D eigenvalue weighted by Gasteiger charge is -2.11. The summed E-state index contributed by atoms with van der Waals surface area (Å²) in [7, 11) is 0. The first-order valence-corrected chi connectivity index (χ1v) is 9.29. The molecule has 148 valence electrons. The molecule has 0 spiro atoms. The van der Waals surface area contributed by atoms with Crippen LogP contribution in [0.15, 0.2) is 72.8 Å². The maximum absolute atomic E-state index is 12.2. The van der Waals surface area contributed by atoms with Crippen molar-refractivity contribution in [1.29, 1.82) is 0 Å². The average molecular weight is 410 g/mol. The van der Waals surface area contributed by atoms with Crippen molar-refractivity contribution >= 4 is 40.6 Å². The van der Waals surface area contributed by atoms with Gasteiger partial charge in [0.15, 0.2) is 6.61 Å². The van der Waals surface area contributed by atoms with Gasteiger partial charge in [0.05, 0.1) is 0 Å². The van der Waals surface area contributed by atoms with E-state index in [1.54, 1.807) is 54.6 Å². The molecular weight excluding hydrogens is 390 g/mol. The van der Waals surface area contributed by atoms with Crippen molar-refractivity contribution in [2.75, 3.05) is 22.6 Å². The predicted octanol–water partition coefficient (Wildman–Crippen LogP) is 5.31. The standard InChI is InChI=1S/C22H20ClN3O3/c1-15-12-19(10-11-20(15)23)29-14-21(27)24-17-8-5-9-18(13-17)26-22(28)25-16-6-3-2-4-7-16/h2-13H,14H2,1H3,(H,24,27)(H2,25,26,28). The molecule has 0 heterocycles. The molecule has 3 rings (SSSR count). The monoisotopic (exact) mass is 409 g/mol. The van der Waals surface area contributed by atoms with Crippen molar-refractivity contribution in [1.82, 2.24) is 0 Å². The molecule has 0 aliphatic heterocycles. The van der Waals surface area contributed by atoms with Crippen LogP contribution in [0.25, 0.3) is 0 Å². The van der Waals surface area contributed by atoms with Gasteiger partial charge in [-0.25, -0.2) is 4.79 Å². The number of halogens is 1. The molecule has 7 heteroatoms. The van der Waals surface area contributed by atoms with E-state index in [1.807, 2.05) is 25.1 Å². The van der Waals surface area contributed by atoms with Crippen LogP contribution in [0.3, 0.4) is 0 Å². The fourth-order valence-electron chi connectivity index (χ4n) is 2.54. The summed E-state index contributed by atoms with van der Waals surface area (Å²) in [4.78, 5) is 24.2. The third-order valence-electron chi connectivity index (χ3n) is 3.94. The lowest BCUT2D eigenvalue weighted by molar-refractivity contribution is -0.118. The van der Waals surface area contributed by atoms with Crippen molar-refractivity contribution in [2.24, 2.45) is 0 Å². The molecule has 0 aliphatic rings. The first-order valence-electron chi connectivity index (χ1n) is 8.91. The highest BCUT2D eigenvalue weighted by molar-refractivity contribution is 6.31. The number of carbonyl (C=O) groups excluding carboxylic acids is 2. The van der Waals surface area contributed by atoms with Gasteiger partial charge in [0.2, 0.25) is 0 Å². The van der Waals surface area contributed by atoms with Gasteiger partial charge < -0.3 is 20.7 Å². The van der Waals surface area contributed by atoms with E-state index in [1.165, 1.54) is 0 Å². The molecule has 3 N–H and O–H groups in total. The molecule has 0 fully saturated rings. The van der Waals surface area contributed by atoms with Gasteiger partial charge in [-0.2, -0.15) is 0 Å². The highest BCUT2D eigenvalue weighted by Gasteiger charge is 2.07. The van der Waals surface area contributed by atoms with Crippen LogP contribution in [-0.2, 0) is 4.79 Å². The van der Waals surface area contributed by atoms with Crippen LogP contribution in [0.1, 0.15) is 5.56 Å². The van der Waals surface area contributed by atoms with Crippen LogP contribution in [-0.4, -0.2) is 18.5 Å². The Morgan fingerprint density at radius 1 is 0.828 bits per heavy atom. The molecule has 0 saturated heterocycles. The number of hydrogen-bond acceptors (Lipinski definition) is 3. The highest BCUT2D eigenvalue weighted by Crippen LogP contribution is 2.21. The van der Waals surface area contributed by atoms with E-state index in [0.717, 1.165) is 5.56 Å². The summed E-state index contributed by atoms with van der Waals surface area (Å²) < 4.78 is 5.49. The predicted molar refractivity (Wildman–Crippen MR) is 116 cm³/mol. The fraction of sp³-hybridized carbons (Fsp3) is 0.0909. The van der Waals surface area contributed by atoms with Gasteiger partial charge in [-0.1, -0.05) is 35.9 Å². The van der Waals surface area contributed by atoms with E-state index in [0.29, 0.717) is 27.8 Å². The summed E-state index contributed by atoms with van der Waals surface area (Å²) in [5.74, 6) is 0.249. The van der Waals surface area contributed by atoms with Crippen molar-refractivity contribution in [3.63, 3.8) is 0 Å². The number of carbonyl (C=O) groups is 2. The number of urea groups is 1. The van der Waals surface area contributed by atoms with E-state index in [-0.39, 0.29) is 18.5 Å². The third-order valence-corrected chi connectivity index (χ3v) is 4.36. The Bertz CT molecular complexity index is 1010. The molecule has 0 bridgehead atoms. The second kappa shape index (κ2) is 9.61. The minimum Gasteiger partial charge on any atom is -0.484 e. The van der Waals surface area contributed by atoms with E-state index < -0.39 is 0 Å². The Labute approximate surface area is 173 Å². The summed E-state index contributed by atoms with van der Waals surface area (Å²) in [6, 6.07) is 20.8. The number of rotatable bonds is 6. The largest absolute Gasteiger partial charge is 0.484 e. The minimum absolute atomic E-state index is 0.146. The molecule has 0 atom stereocenters. The molecule has 3 amide bonds. The number of aryl methyl sites for hydroxylation is 1. The Hall–Kier alpha value is -3.51. The topological polar surface area (TPSA) is 79.5 Å². The maximum Gasteiger partial charge on any atom is 0.323 e. The molecule has 6 nitrogen and oxygen atoms in total. The highest BCUT2D eigenvalue weighted by atomic mass is 35.5. The third kappa shape index (κ3) is 6.26. The number of ether oxygens (including phenoxy) is 1. The van der Waals surface area contributed by atoms with Gasteiger partial charge in [0.25, 0.3) is 5.91 Å². The summed E-state index contributed by atoms with van der Waals surface area (Å²) in [6.07, 6.45) is 0. The first kappa shape index (κ1) is 20.2. The Balaban J connectivity index is 1.52. The smallest absolute Gasteiger partial charge is 0.323 e. The van der Waals surface area contributed by atoms with Crippen molar-refractivity contribution in [3.8, 4) is 5.75 Å². The Morgan fingerprint density at radius 3 is 2.21 bits per heavy atom. The number of amides is 3. The van der Waals surface area contributed by atoms with Crippen LogP contribution >= 0.6 is 11.6 Å². The van der Waals surface area contributed by atoms with Gasteiger partial charge in [-0.05, 0) is 61.0 Å². The van der Waals surface area contributed by atoms with Crippen LogP contribution in [0, 0.1) is 6.92 Å². The molecule has 0 unspecified atom stereocenters. The van der Waals surface area contributed by atoms with Crippen LogP contribution in [0.4, 0.5) is 21.9 Å². The van der Waals surface area contributed by atoms with E-state index in [4.69, 9.17) is 16.3 Å². The zero-order chi connectivity index (χ0) is 20.6. The number of benzene rings is 3. The molecule has 3 aromatic carbocycles. The van der Waals surface area contributed by atoms with Gasteiger partial charge in [0, 0.05) is 22.1 Å². The van der Waals surface area contributed by atoms with E-state index >= 15 is 0 Å². The van der Waals surface area contributed by atoms with E-state index in [2.05, 4.69) is 16.0 Å². The lowest BCUT2D eigenvalue weighted by Crippen LogP contribution is -2.21. The second-order valence-electron chi connectivity index (χ2n) is 6.27. The Morgan fingerprint density at radius 2 is 1.48 bits per heavy atom. The molecule has 0 aliphatic carbocycles. The van der Waals surface area contributed by atoms with Gasteiger partial charge in [-0.15, -0.1) is 0 Å². The minimum atomic E-state index is -0.374. The molecule has 0 aromatic heterocycles.